The highest BCUT2D eigenvalue weighted by Gasteiger charge is 2.27. The van der Waals surface area contributed by atoms with E-state index in [0.29, 0.717) is 12.2 Å². The number of halogens is 3. The van der Waals surface area contributed by atoms with Gasteiger partial charge in [-0.15, -0.1) is 0 Å². The average Bonchev–Trinajstić information content (AvgIpc) is 2.37. The molecule has 2 N–H and O–H groups in total. The van der Waals surface area contributed by atoms with Crippen molar-refractivity contribution in [3.05, 3.63) is 24.3 Å². The lowest BCUT2D eigenvalue weighted by Gasteiger charge is -2.10. The van der Waals surface area contributed by atoms with Gasteiger partial charge in [-0.05, 0) is 24.3 Å². The van der Waals surface area contributed by atoms with E-state index in [0.717, 1.165) is 0 Å². The van der Waals surface area contributed by atoms with Crippen molar-refractivity contribution in [3.8, 4) is 0 Å². The van der Waals surface area contributed by atoms with Crippen LogP contribution < -0.4 is 10.0 Å². The molecule has 120 valence electrons. The average molecular weight is 326 g/mol. The summed E-state index contributed by atoms with van der Waals surface area (Å²) >= 11 is 0. The van der Waals surface area contributed by atoms with E-state index in [1.807, 2.05) is 0 Å². The summed E-state index contributed by atoms with van der Waals surface area (Å²) in [5, 5.41) is 2.83. The van der Waals surface area contributed by atoms with Crippen molar-refractivity contribution in [1.82, 2.24) is 4.72 Å². The lowest BCUT2D eigenvalue weighted by molar-refractivity contribution is -0.172. The first kappa shape index (κ1) is 17.7. The molecule has 0 bridgehead atoms. The minimum absolute atomic E-state index is 0.100. The summed E-state index contributed by atoms with van der Waals surface area (Å²) in [6.45, 7) is 0.772. The van der Waals surface area contributed by atoms with Crippen molar-refractivity contribution < 1.29 is 26.3 Å². The lowest BCUT2D eigenvalue weighted by atomic mass is 10.3. The summed E-state index contributed by atoms with van der Waals surface area (Å²) in [6.07, 6.45) is -4.33. The Labute approximate surface area is 121 Å². The van der Waals surface area contributed by atoms with Gasteiger partial charge in [0.1, 0.15) is 6.61 Å². The van der Waals surface area contributed by atoms with Gasteiger partial charge in [0.15, 0.2) is 0 Å². The van der Waals surface area contributed by atoms with E-state index in [9.17, 15) is 21.6 Å². The second-order valence-corrected chi connectivity index (χ2v) is 5.89. The molecular formula is C12H17F3N2O3S. The predicted octanol–water partition coefficient (Wildman–Crippen LogP) is 1.98. The van der Waals surface area contributed by atoms with Gasteiger partial charge in [0.2, 0.25) is 10.0 Å². The van der Waals surface area contributed by atoms with Crippen LogP contribution in [0.25, 0.3) is 0 Å². The maximum atomic E-state index is 11.8. The van der Waals surface area contributed by atoms with Gasteiger partial charge in [0.25, 0.3) is 0 Å². The topological polar surface area (TPSA) is 67.4 Å². The number of rotatable bonds is 8. The summed E-state index contributed by atoms with van der Waals surface area (Å²) in [7, 11) is -3.50. The van der Waals surface area contributed by atoms with Crippen LogP contribution in [0.3, 0.4) is 0 Å². The van der Waals surface area contributed by atoms with Crippen LogP contribution in [-0.4, -0.2) is 40.9 Å². The monoisotopic (exact) mass is 326 g/mol. The summed E-state index contributed by atoms with van der Waals surface area (Å²) in [4.78, 5) is 0.128. The maximum Gasteiger partial charge on any atom is 0.411 e. The fraction of sp³-hybridized carbons (Fsp3) is 0.500. The summed E-state index contributed by atoms with van der Waals surface area (Å²) in [5.41, 5.74) is 0.598. The summed E-state index contributed by atoms with van der Waals surface area (Å²) in [5.74, 6) is 0. The Balaban J connectivity index is 2.42. The second-order valence-electron chi connectivity index (χ2n) is 4.12. The fourth-order valence-corrected chi connectivity index (χ4v) is 2.52. The van der Waals surface area contributed by atoms with E-state index in [2.05, 4.69) is 14.8 Å². The van der Waals surface area contributed by atoms with Crippen LogP contribution in [0.4, 0.5) is 18.9 Å². The molecule has 0 spiro atoms. The zero-order chi connectivity index (χ0) is 15.9. The molecule has 0 amide bonds. The molecule has 0 radical (unpaired) electrons. The largest absolute Gasteiger partial charge is 0.411 e. The Hall–Kier alpha value is -1.32. The SMILES string of the molecule is CCNS(=O)(=O)c1ccc(NCCOCC(F)(F)F)cc1. The smallest absolute Gasteiger partial charge is 0.383 e. The molecule has 1 aromatic carbocycles. The predicted molar refractivity (Wildman–Crippen MR) is 72.7 cm³/mol. The number of anilines is 1. The van der Waals surface area contributed by atoms with E-state index < -0.39 is 22.8 Å². The molecule has 1 aromatic rings. The number of ether oxygens (including phenoxy) is 1. The summed E-state index contributed by atoms with van der Waals surface area (Å²) < 4.78 is 65.6. The van der Waals surface area contributed by atoms with Gasteiger partial charge in [0, 0.05) is 18.8 Å². The highest BCUT2D eigenvalue weighted by Crippen LogP contribution is 2.15. The van der Waals surface area contributed by atoms with Gasteiger partial charge in [-0.2, -0.15) is 13.2 Å². The number of sulfonamides is 1. The first-order valence-electron chi connectivity index (χ1n) is 6.23. The molecule has 1 rings (SSSR count). The second kappa shape index (κ2) is 7.62. The molecular weight excluding hydrogens is 309 g/mol. The Kier molecular flexibility index (Phi) is 6.43. The molecule has 0 aromatic heterocycles. The van der Waals surface area contributed by atoms with Crippen molar-refractivity contribution in [2.24, 2.45) is 0 Å². The Bertz CT molecular complexity index is 530. The molecule has 5 nitrogen and oxygen atoms in total. The summed E-state index contributed by atoms with van der Waals surface area (Å²) in [6, 6.07) is 5.90. The Morgan fingerprint density at radius 2 is 1.81 bits per heavy atom. The van der Waals surface area contributed by atoms with Gasteiger partial charge < -0.3 is 10.1 Å². The van der Waals surface area contributed by atoms with Crippen LogP contribution in [0.15, 0.2) is 29.2 Å². The van der Waals surface area contributed by atoms with Gasteiger partial charge in [-0.25, -0.2) is 13.1 Å². The quantitative estimate of drug-likeness (QED) is 0.717. The zero-order valence-corrected chi connectivity index (χ0v) is 12.2. The normalized spacial score (nSPS) is 12.4. The van der Waals surface area contributed by atoms with Gasteiger partial charge in [-0.3, -0.25) is 0 Å². The molecule has 0 saturated heterocycles. The maximum absolute atomic E-state index is 11.8. The highest BCUT2D eigenvalue weighted by molar-refractivity contribution is 7.89. The molecule has 0 aliphatic rings. The third-order valence-electron chi connectivity index (χ3n) is 2.34. The molecule has 9 heteroatoms. The molecule has 21 heavy (non-hydrogen) atoms. The third-order valence-corrected chi connectivity index (χ3v) is 3.90. The minimum atomic E-state index is -4.33. The van der Waals surface area contributed by atoms with E-state index in [1.54, 1.807) is 6.92 Å². The standard InChI is InChI=1S/C12H17F3N2O3S/c1-2-17-21(18,19)11-5-3-10(4-6-11)16-7-8-20-9-12(13,14)15/h3-6,16-17H,2,7-9H2,1H3. The minimum Gasteiger partial charge on any atom is -0.383 e. The van der Waals surface area contributed by atoms with Crippen molar-refractivity contribution >= 4 is 15.7 Å². The van der Waals surface area contributed by atoms with Crippen molar-refractivity contribution in [2.75, 3.05) is 31.6 Å². The zero-order valence-electron chi connectivity index (χ0n) is 11.4. The molecule has 0 saturated carbocycles. The van der Waals surface area contributed by atoms with E-state index >= 15 is 0 Å². The van der Waals surface area contributed by atoms with Crippen LogP contribution in [0.2, 0.25) is 0 Å². The van der Waals surface area contributed by atoms with Crippen LogP contribution in [-0.2, 0) is 14.8 Å². The van der Waals surface area contributed by atoms with Crippen molar-refractivity contribution in [3.63, 3.8) is 0 Å². The number of nitrogens with one attached hydrogen (secondary N) is 2. The molecule has 0 atom stereocenters. The number of hydrogen-bond donors (Lipinski definition) is 2. The fourth-order valence-electron chi connectivity index (χ4n) is 1.48. The van der Waals surface area contributed by atoms with E-state index in [4.69, 9.17) is 0 Å². The highest BCUT2D eigenvalue weighted by atomic mass is 32.2. The third kappa shape index (κ3) is 6.78. The first-order valence-corrected chi connectivity index (χ1v) is 7.71. The molecule has 0 aliphatic heterocycles. The number of hydrogen-bond acceptors (Lipinski definition) is 4. The number of benzene rings is 1. The van der Waals surface area contributed by atoms with E-state index in [-0.39, 0.29) is 18.0 Å². The van der Waals surface area contributed by atoms with Gasteiger partial charge >= 0.3 is 6.18 Å². The van der Waals surface area contributed by atoms with Crippen LogP contribution in [0.1, 0.15) is 6.92 Å². The van der Waals surface area contributed by atoms with Crippen LogP contribution in [0, 0.1) is 0 Å². The van der Waals surface area contributed by atoms with Crippen molar-refractivity contribution in [2.45, 2.75) is 18.0 Å². The molecule has 0 unspecified atom stereocenters. The van der Waals surface area contributed by atoms with Crippen LogP contribution >= 0.6 is 0 Å². The molecule has 0 aliphatic carbocycles. The van der Waals surface area contributed by atoms with Gasteiger partial charge in [0.05, 0.1) is 11.5 Å². The Morgan fingerprint density at radius 3 is 2.33 bits per heavy atom. The van der Waals surface area contributed by atoms with Crippen molar-refractivity contribution in [1.29, 1.82) is 0 Å². The van der Waals surface area contributed by atoms with Crippen LogP contribution in [0.5, 0.6) is 0 Å². The van der Waals surface area contributed by atoms with Gasteiger partial charge in [-0.1, -0.05) is 6.92 Å². The Morgan fingerprint density at radius 1 is 1.19 bits per heavy atom. The lowest BCUT2D eigenvalue weighted by Crippen LogP contribution is -2.23. The molecule has 0 fully saturated rings. The first-order chi connectivity index (χ1) is 9.74. The molecule has 0 heterocycles. The van der Waals surface area contributed by atoms with E-state index in [1.165, 1.54) is 24.3 Å². The number of alkyl halides is 3.